The van der Waals surface area contributed by atoms with Crippen LogP contribution in [-0.4, -0.2) is 10.2 Å². The van der Waals surface area contributed by atoms with Gasteiger partial charge < -0.3 is 10.2 Å². The van der Waals surface area contributed by atoms with Crippen LogP contribution in [0.5, 0.6) is 11.5 Å². The molecule has 0 fully saturated rings. The molecule has 0 radical (unpaired) electrons. The molecule has 0 atom stereocenters. The topological polar surface area (TPSA) is 40.5 Å². The number of benzene rings is 2. The Bertz CT molecular complexity index is 718. The summed E-state index contributed by atoms with van der Waals surface area (Å²) in [7, 11) is 0. The lowest BCUT2D eigenvalue weighted by Gasteiger charge is -2.34. The summed E-state index contributed by atoms with van der Waals surface area (Å²) in [5, 5.41) is 20.2. The minimum absolute atomic E-state index is 0.209. The van der Waals surface area contributed by atoms with E-state index in [9.17, 15) is 10.2 Å². The smallest absolute Gasteiger partial charge is 0.119 e. The third kappa shape index (κ3) is 2.60. The highest BCUT2D eigenvalue weighted by Crippen LogP contribution is 2.43. The average Bonchev–Trinajstić information content (AvgIpc) is 2.41. The van der Waals surface area contributed by atoms with Crippen LogP contribution < -0.4 is 0 Å². The Labute approximate surface area is 139 Å². The van der Waals surface area contributed by atoms with Crippen LogP contribution in [0.4, 0.5) is 0 Å². The van der Waals surface area contributed by atoms with Gasteiger partial charge in [0.05, 0.1) is 0 Å². The standard InChI is InChI=1S/C21H28O2/c1-11-9-17(22)13(3)15(5)19(11)21(7,8)20-12(2)10-18(23)14(4)16(20)6/h9-10,22-23H,1-8H3. The molecule has 0 aliphatic rings. The molecule has 0 saturated carbocycles. The maximum absolute atomic E-state index is 10.1. The molecule has 0 spiro atoms. The molecule has 2 heteroatoms. The van der Waals surface area contributed by atoms with Crippen molar-refractivity contribution >= 4 is 0 Å². The molecule has 0 unspecified atom stereocenters. The fourth-order valence-corrected chi connectivity index (χ4v) is 4.17. The second-order valence-electron chi connectivity index (χ2n) is 7.30. The summed E-state index contributed by atoms with van der Waals surface area (Å²) in [5.41, 5.74) is 8.63. The molecule has 0 amide bonds. The Kier molecular flexibility index (Phi) is 4.23. The largest absolute Gasteiger partial charge is 0.508 e. The van der Waals surface area contributed by atoms with E-state index < -0.39 is 0 Å². The van der Waals surface area contributed by atoms with E-state index in [0.29, 0.717) is 11.5 Å². The van der Waals surface area contributed by atoms with Crippen molar-refractivity contribution in [1.82, 2.24) is 0 Å². The number of aryl methyl sites for hydroxylation is 2. The first kappa shape index (κ1) is 17.4. The van der Waals surface area contributed by atoms with Crippen LogP contribution in [0.15, 0.2) is 12.1 Å². The van der Waals surface area contributed by atoms with Crippen molar-refractivity contribution < 1.29 is 10.2 Å². The van der Waals surface area contributed by atoms with Crippen LogP contribution in [0.2, 0.25) is 0 Å². The Hall–Kier alpha value is -1.96. The van der Waals surface area contributed by atoms with E-state index in [0.717, 1.165) is 33.4 Å². The molecule has 0 heterocycles. The zero-order valence-electron chi connectivity index (χ0n) is 15.5. The van der Waals surface area contributed by atoms with Crippen LogP contribution in [0.25, 0.3) is 0 Å². The van der Waals surface area contributed by atoms with Crippen molar-refractivity contribution in [3.05, 3.63) is 56.6 Å². The van der Waals surface area contributed by atoms with E-state index in [1.807, 2.05) is 26.0 Å². The van der Waals surface area contributed by atoms with E-state index in [1.165, 1.54) is 11.1 Å². The molecule has 0 bridgehead atoms. The first-order valence-corrected chi connectivity index (χ1v) is 8.10. The molecule has 0 aliphatic carbocycles. The molecule has 23 heavy (non-hydrogen) atoms. The lowest BCUT2D eigenvalue weighted by molar-refractivity contribution is 0.467. The van der Waals surface area contributed by atoms with Gasteiger partial charge in [-0.1, -0.05) is 13.8 Å². The van der Waals surface area contributed by atoms with Gasteiger partial charge >= 0.3 is 0 Å². The molecule has 0 aromatic heterocycles. The minimum atomic E-state index is -0.209. The summed E-state index contributed by atoms with van der Waals surface area (Å²) >= 11 is 0. The highest BCUT2D eigenvalue weighted by molar-refractivity contribution is 5.58. The highest BCUT2D eigenvalue weighted by atomic mass is 16.3. The first-order chi connectivity index (χ1) is 10.5. The van der Waals surface area contributed by atoms with Crippen LogP contribution in [0.3, 0.4) is 0 Å². The molecule has 0 aliphatic heterocycles. The van der Waals surface area contributed by atoms with E-state index in [-0.39, 0.29) is 5.41 Å². The molecule has 2 N–H and O–H groups in total. The van der Waals surface area contributed by atoms with Gasteiger partial charge in [0.1, 0.15) is 11.5 Å². The van der Waals surface area contributed by atoms with E-state index in [2.05, 4.69) is 41.5 Å². The van der Waals surface area contributed by atoms with Crippen molar-refractivity contribution in [2.75, 3.05) is 0 Å². The first-order valence-electron chi connectivity index (χ1n) is 8.10. The molecule has 2 aromatic rings. The number of rotatable bonds is 2. The SMILES string of the molecule is Cc1cc(O)c(C)c(C)c1C(C)(C)c1c(C)cc(O)c(C)c1C. The number of aromatic hydroxyl groups is 2. The summed E-state index contributed by atoms with van der Waals surface area (Å²) < 4.78 is 0. The van der Waals surface area contributed by atoms with Gasteiger partial charge in [0.15, 0.2) is 0 Å². The maximum Gasteiger partial charge on any atom is 0.119 e. The normalized spacial score (nSPS) is 11.8. The van der Waals surface area contributed by atoms with Crippen LogP contribution in [0, 0.1) is 41.5 Å². The highest BCUT2D eigenvalue weighted by Gasteiger charge is 2.31. The zero-order valence-corrected chi connectivity index (χ0v) is 15.5. The van der Waals surface area contributed by atoms with Crippen LogP contribution in [0.1, 0.15) is 58.4 Å². The lowest BCUT2D eigenvalue weighted by Crippen LogP contribution is -2.25. The van der Waals surface area contributed by atoms with Crippen LogP contribution in [-0.2, 0) is 5.41 Å². The monoisotopic (exact) mass is 312 g/mol. The Morgan fingerprint density at radius 1 is 0.609 bits per heavy atom. The third-order valence-electron chi connectivity index (χ3n) is 5.39. The number of hydrogen-bond acceptors (Lipinski definition) is 2. The third-order valence-corrected chi connectivity index (χ3v) is 5.39. The molecule has 0 saturated heterocycles. The number of phenols is 2. The fraction of sp³-hybridized carbons (Fsp3) is 0.429. The van der Waals surface area contributed by atoms with Gasteiger partial charge in [0, 0.05) is 5.41 Å². The van der Waals surface area contributed by atoms with Gasteiger partial charge in [0.2, 0.25) is 0 Å². The molecule has 2 aromatic carbocycles. The molecule has 124 valence electrons. The van der Waals surface area contributed by atoms with Gasteiger partial charge in [-0.05, 0) is 98.2 Å². The predicted molar refractivity (Wildman–Crippen MR) is 96.8 cm³/mol. The van der Waals surface area contributed by atoms with Gasteiger partial charge in [-0.25, -0.2) is 0 Å². The van der Waals surface area contributed by atoms with Gasteiger partial charge in [-0.2, -0.15) is 0 Å². The predicted octanol–water partition coefficient (Wildman–Crippen LogP) is 5.27. The maximum atomic E-state index is 10.1. The quantitative estimate of drug-likeness (QED) is 0.792. The Balaban J connectivity index is 2.85. The van der Waals surface area contributed by atoms with E-state index >= 15 is 0 Å². The minimum Gasteiger partial charge on any atom is -0.508 e. The van der Waals surface area contributed by atoms with Crippen LogP contribution >= 0.6 is 0 Å². The summed E-state index contributed by atoms with van der Waals surface area (Å²) in [6.45, 7) is 16.7. The van der Waals surface area contributed by atoms with Gasteiger partial charge in [-0.15, -0.1) is 0 Å². The second-order valence-corrected chi connectivity index (χ2v) is 7.30. The molecular formula is C21H28O2. The fourth-order valence-electron chi connectivity index (χ4n) is 4.17. The second kappa shape index (κ2) is 5.59. The summed E-state index contributed by atoms with van der Waals surface area (Å²) in [6, 6.07) is 3.72. The van der Waals surface area contributed by atoms with Crippen molar-refractivity contribution in [3.8, 4) is 11.5 Å². The molecule has 2 nitrogen and oxygen atoms in total. The average molecular weight is 312 g/mol. The van der Waals surface area contributed by atoms with E-state index in [1.54, 1.807) is 0 Å². The zero-order chi connectivity index (χ0) is 17.7. The van der Waals surface area contributed by atoms with Crippen molar-refractivity contribution in [1.29, 1.82) is 0 Å². The van der Waals surface area contributed by atoms with Crippen molar-refractivity contribution in [3.63, 3.8) is 0 Å². The van der Waals surface area contributed by atoms with Crippen molar-refractivity contribution in [2.24, 2.45) is 0 Å². The summed E-state index contributed by atoms with van der Waals surface area (Å²) in [6.07, 6.45) is 0. The summed E-state index contributed by atoms with van der Waals surface area (Å²) in [4.78, 5) is 0. The number of hydrogen-bond donors (Lipinski definition) is 2. The van der Waals surface area contributed by atoms with Gasteiger partial charge in [0.25, 0.3) is 0 Å². The number of phenolic OH excluding ortho intramolecular Hbond substituents is 2. The molecule has 2 rings (SSSR count). The molecular weight excluding hydrogens is 284 g/mol. The Morgan fingerprint density at radius 3 is 1.22 bits per heavy atom. The van der Waals surface area contributed by atoms with Gasteiger partial charge in [-0.3, -0.25) is 0 Å². The lowest BCUT2D eigenvalue weighted by atomic mass is 9.70. The summed E-state index contributed by atoms with van der Waals surface area (Å²) in [5.74, 6) is 0.713. The Morgan fingerprint density at radius 2 is 0.913 bits per heavy atom. The van der Waals surface area contributed by atoms with E-state index in [4.69, 9.17) is 0 Å². The van der Waals surface area contributed by atoms with Crippen molar-refractivity contribution in [2.45, 2.75) is 60.8 Å².